The van der Waals surface area contributed by atoms with Crippen LogP contribution in [0.4, 0.5) is 5.69 Å². The van der Waals surface area contributed by atoms with Crippen molar-refractivity contribution >= 4 is 39.5 Å². The van der Waals surface area contributed by atoms with E-state index in [9.17, 15) is 9.59 Å². The van der Waals surface area contributed by atoms with E-state index in [2.05, 4.69) is 21.2 Å². The van der Waals surface area contributed by atoms with Gasteiger partial charge in [0, 0.05) is 10.5 Å². The Balaban J connectivity index is 2.12. The number of carbonyl (C=O) groups excluding carboxylic acids is 2. The lowest BCUT2D eigenvalue weighted by molar-refractivity contribution is -0.111. The van der Waals surface area contributed by atoms with E-state index in [1.165, 1.54) is 6.08 Å². The first kappa shape index (κ1) is 16.0. The van der Waals surface area contributed by atoms with Gasteiger partial charge in [-0.15, -0.1) is 0 Å². The largest absolute Gasteiger partial charge is 0.366 e. The number of nitrogens with one attached hydrogen (secondary N) is 1. The maximum absolute atomic E-state index is 12.0. The number of rotatable bonds is 4. The third-order valence-corrected chi connectivity index (χ3v) is 3.50. The number of primary amides is 1. The molecule has 0 fully saturated rings. The van der Waals surface area contributed by atoms with E-state index in [-0.39, 0.29) is 11.5 Å². The zero-order valence-corrected chi connectivity index (χ0v) is 13.6. The number of anilines is 1. The van der Waals surface area contributed by atoms with Crippen molar-refractivity contribution in [2.75, 3.05) is 5.32 Å². The number of benzene rings is 2. The molecule has 112 valence electrons. The fraction of sp³-hybridized carbons (Fsp3) is 0.0588. The molecule has 2 aromatic carbocycles. The predicted octanol–water partition coefficient (Wildman–Crippen LogP) is 3.51. The maximum Gasteiger partial charge on any atom is 0.250 e. The standard InChI is InChI=1S/C17H15BrN2O2/c1-11-2-4-12(5-3-11)6-9-16(21)20-15-8-7-13(18)10-14(15)17(19)22/h2-10H,1H3,(H2,19,22)(H,20,21)/b9-6+. The van der Waals surface area contributed by atoms with Crippen LogP contribution in [0, 0.1) is 6.92 Å². The summed E-state index contributed by atoms with van der Waals surface area (Å²) >= 11 is 3.26. The van der Waals surface area contributed by atoms with Crippen LogP contribution in [-0.4, -0.2) is 11.8 Å². The molecule has 4 nitrogen and oxygen atoms in total. The van der Waals surface area contributed by atoms with Crippen LogP contribution in [0.3, 0.4) is 0 Å². The summed E-state index contributed by atoms with van der Waals surface area (Å²) in [6.07, 6.45) is 3.12. The van der Waals surface area contributed by atoms with Crippen LogP contribution in [-0.2, 0) is 4.79 Å². The minimum Gasteiger partial charge on any atom is -0.366 e. The van der Waals surface area contributed by atoms with Crippen LogP contribution in [0.15, 0.2) is 53.0 Å². The third kappa shape index (κ3) is 4.30. The predicted molar refractivity (Wildman–Crippen MR) is 91.5 cm³/mol. The van der Waals surface area contributed by atoms with Crippen LogP contribution < -0.4 is 11.1 Å². The first-order valence-electron chi connectivity index (χ1n) is 6.61. The highest BCUT2D eigenvalue weighted by atomic mass is 79.9. The van der Waals surface area contributed by atoms with E-state index >= 15 is 0 Å². The summed E-state index contributed by atoms with van der Waals surface area (Å²) in [6.45, 7) is 2.00. The van der Waals surface area contributed by atoms with Gasteiger partial charge in [0.2, 0.25) is 5.91 Å². The average molecular weight is 359 g/mol. The normalized spacial score (nSPS) is 10.6. The molecule has 0 aliphatic carbocycles. The molecule has 0 saturated heterocycles. The molecule has 5 heteroatoms. The highest BCUT2D eigenvalue weighted by molar-refractivity contribution is 9.10. The molecule has 0 bridgehead atoms. The van der Waals surface area contributed by atoms with Crippen LogP contribution in [0.1, 0.15) is 21.5 Å². The molecule has 0 saturated carbocycles. The Morgan fingerprint density at radius 3 is 2.45 bits per heavy atom. The molecule has 0 aliphatic heterocycles. The first-order chi connectivity index (χ1) is 10.5. The molecule has 0 heterocycles. The maximum atomic E-state index is 12.0. The van der Waals surface area contributed by atoms with Gasteiger partial charge in [-0.1, -0.05) is 45.8 Å². The highest BCUT2D eigenvalue weighted by Crippen LogP contribution is 2.20. The summed E-state index contributed by atoms with van der Waals surface area (Å²) in [7, 11) is 0. The van der Waals surface area contributed by atoms with Gasteiger partial charge < -0.3 is 11.1 Å². The van der Waals surface area contributed by atoms with E-state index in [1.807, 2.05) is 31.2 Å². The lowest BCUT2D eigenvalue weighted by Gasteiger charge is -2.07. The second-order valence-electron chi connectivity index (χ2n) is 4.79. The van der Waals surface area contributed by atoms with Gasteiger partial charge in [-0.25, -0.2) is 0 Å². The molecule has 3 N–H and O–H groups in total. The number of carbonyl (C=O) groups is 2. The summed E-state index contributed by atoms with van der Waals surface area (Å²) in [6, 6.07) is 12.7. The molecule has 0 spiro atoms. The molecule has 0 aromatic heterocycles. The van der Waals surface area contributed by atoms with Crippen molar-refractivity contribution in [2.45, 2.75) is 6.92 Å². The number of aryl methyl sites for hydroxylation is 1. The van der Waals surface area contributed by atoms with Gasteiger partial charge in [-0.3, -0.25) is 9.59 Å². The van der Waals surface area contributed by atoms with E-state index in [4.69, 9.17) is 5.73 Å². The molecule has 0 radical (unpaired) electrons. The molecular weight excluding hydrogens is 344 g/mol. The molecule has 2 amide bonds. The zero-order chi connectivity index (χ0) is 16.1. The van der Waals surface area contributed by atoms with Gasteiger partial charge in [0.05, 0.1) is 11.3 Å². The number of hydrogen-bond donors (Lipinski definition) is 2. The van der Waals surface area contributed by atoms with Crippen molar-refractivity contribution in [2.24, 2.45) is 5.73 Å². The zero-order valence-electron chi connectivity index (χ0n) is 12.0. The molecule has 0 atom stereocenters. The van der Waals surface area contributed by atoms with Gasteiger partial charge in [0.1, 0.15) is 0 Å². The van der Waals surface area contributed by atoms with Gasteiger partial charge in [-0.2, -0.15) is 0 Å². The first-order valence-corrected chi connectivity index (χ1v) is 7.40. The van der Waals surface area contributed by atoms with Gasteiger partial charge in [0.25, 0.3) is 5.91 Å². The number of hydrogen-bond acceptors (Lipinski definition) is 2. The quantitative estimate of drug-likeness (QED) is 0.820. The smallest absolute Gasteiger partial charge is 0.250 e. The van der Waals surface area contributed by atoms with Crippen molar-refractivity contribution < 1.29 is 9.59 Å². The summed E-state index contributed by atoms with van der Waals surface area (Å²) in [5.74, 6) is -0.926. The summed E-state index contributed by atoms with van der Waals surface area (Å²) in [5.41, 5.74) is 8.03. The SMILES string of the molecule is Cc1ccc(/C=C/C(=O)Nc2ccc(Br)cc2C(N)=O)cc1. The van der Waals surface area contributed by atoms with Crippen LogP contribution in [0.25, 0.3) is 6.08 Å². The monoisotopic (exact) mass is 358 g/mol. The molecule has 2 aromatic rings. The van der Waals surface area contributed by atoms with Crippen LogP contribution in [0.5, 0.6) is 0 Å². The minimum absolute atomic E-state index is 0.256. The Morgan fingerprint density at radius 2 is 1.82 bits per heavy atom. The van der Waals surface area contributed by atoms with Crippen molar-refractivity contribution in [3.63, 3.8) is 0 Å². The summed E-state index contributed by atoms with van der Waals surface area (Å²) in [4.78, 5) is 23.3. The lowest BCUT2D eigenvalue weighted by atomic mass is 10.1. The second kappa shape index (κ2) is 7.04. The van der Waals surface area contributed by atoms with E-state index in [1.54, 1.807) is 24.3 Å². The van der Waals surface area contributed by atoms with E-state index in [0.29, 0.717) is 5.69 Å². The van der Waals surface area contributed by atoms with Gasteiger partial charge in [-0.05, 0) is 36.8 Å². The Hall–Kier alpha value is -2.40. The summed E-state index contributed by atoms with van der Waals surface area (Å²) in [5, 5.41) is 2.65. The van der Waals surface area contributed by atoms with Crippen LogP contribution >= 0.6 is 15.9 Å². The fourth-order valence-corrected chi connectivity index (χ4v) is 2.21. The molecule has 0 aliphatic rings. The van der Waals surface area contributed by atoms with Crippen molar-refractivity contribution in [1.29, 1.82) is 0 Å². The minimum atomic E-state index is -0.598. The third-order valence-electron chi connectivity index (χ3n) is 3.01. The highest BCUT2D eigenvalue weighted by Gasteiger charge is 2.10. The van der Waals surface area contributed by atoms with Crippen molar-refractivity contribution in [1.82, 2.24) is 0 Å². The van der Waals surface area contributed by atoms with Crippen molar-refractivity contribution in [3.05, 3.63) is 69.7 Å². The molecule has 2 rings (SSSR count). The second-order valence-corrected chi connectivity index (χ2v) is 5.70. The number of amides is 2. The van der Waals surface area contributed by atoms with Crippen LogP contribution in [0.2, 0.25) is 0 Å². The Morgan fingerprint density at radius 1 is 1.14 bits per heavy atom. The summed E-state index contributed by atoms with van der Waals surface area (Å²) < 4.78 is 0.717. The molecule has 0 unspecified atom stereocenters. The van der Waals surface area contributed by atoms with Gasteiger partial charge >= 0.3 is 0 Å². The van der Waals surface area contributed by atoms with Crippen molar-refractivity contribution in [3.8, 4) is 0 Å². The Bertz CT molecular complexity index is 737. The molecular formula is C17H15BrN2O2. The number of nitrogens with two attached hydrogens (primary N) is 1. The fourth-order valence-electron chi connectivity index (χ4n) is 1.85. The lowest BCUT2D eigenvalue weighted by Crippen LogP contribution is -2.16. The molecule has 22 heavy (non-hydrogen) atoms. The Labute approximate surface area is 137 Å². The topological polar surface area (TPSA) is 72.2 Å². The van der Waals surface area contributed by atoms with E-state index in [0.717, 1.165) is 15.6 Å². The van der Waals surface area contributed by atoms with Gasteiger partial charge in [0.15, 0.2) is 0 Å². The Kier molecular flexibility index (Phi) is 5.12. The van der Waals surface area contributed by atoms with E-state index < -0.39 is 5.91 Å². The average Bonchev–Trinajstić information content (AvgIpc) is 2.48. The number of halogens is 1.